The Morgan fingerprint density at radius 3 is 2.74 bits per heavy atom. The molecule has 8 heteroatoms. The van der Waals surface area contributed by atoms with Gasteiger partial charge in [-0.2, -0.15) is 5.10 Å². The summed E-state index contributed by atoms with van der Waals surface area (Å²) >= 11 is 8.93. The maximum absolute atomic E-state index is 5.78. The molecule has 0 aliphatic heterocycles. The average molecular weight is 449 g/mol. The van der Waals surface area contributed by atoms with Crippen LogP contribution < -0.4 is 14.9 Å². The third kappa shape index (κ3) is 4.51. The van der Waals surface area contributed by atoms with Gasteiger partial charge in [0.1, 0.15) is 0 Å². The minimum atomic E-state index is 0.503. The van der Waals surface area contributed by atoms with Crippen LogP contribution in [0.25, 0.3) is 11.4 Å². The highest BCUT2D eigenvalue weighted by atomic mass is 79.9. The molecule has 1 heterocycles. The number of aromatic nitrogens is 3. The van der Waals surface area contributed by atoms with E-state index in [0.717, 1.165) is 27.8 Å². The average Bonchev–Trinajstić information content (AvgIpc) is 3.06. The summed E-state index contributed by atoms with van der Waals surface area (Å²) in [6.07, 6.45) is 0.930. The van der Waals surface area contributed by atoms with Gasteiger partial charge >= 0.3 is 0 Å². The van der Waals surface area contributed by atoms with Crippen LogP contribution in [-0.2, 0) is 6.54 Å². The molecule has 0 aliphatic carbocycles. The third-order valence-electron chi connectivity index (χ3n) is 3.89. The number of rotatable bonds is 8. The van der Waals surface area contributed by atoms with Crippen LogP contribution in [0.1, 0.15) is 18.9 Å². The van der Waals surface area contributed by atoms with Crippen LogP contribution >= 0.6 is 28.1 Å². The zero-order chi connectivity index (χ0) is 19.2. The zero-order valence-corrected chi connectivity index (χ0v) is 17.6. The van der Waals surface area contributed by atoms with E-state index in [2.05, 4.69) is 38.5 Å². The van der Waals surface area contributed by atoms with Gasteiger partial charge in [-0.15, -0.1) is 0 Å². The highest BCUT2D eigenvalue weighted by Gasteiger charge is 2.13. The normalized spacial score (nSPS) is 10.6. The van der Waals surface area contributed by atoms with Crippen LogP contribution in [0.15, 0.2) is 46.9 Å². The maximum atomic E-state index is 5.78. The number of methoxy groups -OCH3 is 1. The number of benzene rings is 2. The number of ether oxygens (including phenoxy) is 2. The van der Waals surface area contributed by atoms with E-state index < -0.39 is 0 Å². The van der Waals surface area contributed by atoms with Gasteiger partial charge in [-0.05, 0) is 52.3 Å². The molecule has 0 spiro atoms. The van der Waals surface area contributed by atoms with Crippen molar-refractivity contribution < 1.29 is 9.47 Å². The molecule has 0 bridgehead atoms. The van der Waals surface area contributed by atoms with E-state index in [1.807, 2.05) is 42.5 Å². The molecule has 0 saturated heterocycles. The van der Waals surface area contributed by atoms with Gasteiger partial charge in [0.25, 0.3) is 0 Å². The van der Waals surface area contributed by atoms with Crippen LogP contribution in [-0.4, -0.2) is 28.6 Å². The quantitative estimate of drug-likeness (QED) is 0.479. The predicted molar refractivity (Wildman–Crippen MR) is 112 cm³/mol. The van der Waals surface area contributed by atoms with Gasteiger partial charge in [-0.1, -0.05) is 37.3 Å². The van der Waals surface area contributed by atoms with Crippen molar-refractivity contribution >= 4 is 28.1 Å². The molecular formula is C19H21BrN4O2S. The molecule has 0 atom stereocenters. The Labute approximate surface area is 171 Å². The van der Waals surface area contributed by atoms with Gasteiger partial charge < -0.3 is 14.9 Å². The Balaban J connectivity index is 1.83. The largest absolute Gasteiger partial charge is 0.493 e. The first-order valence-electron chi connectivity index (χ1n) is 8.60. The van der Waals surface area contributed by atoms with Crippen molar-refractivity contribution in [1.29, 1.82) is 0 Å². The second kappa shape index (κ2) is 9.05. The molecule has 0 fully saturated rings. The number of H-pyrrole nitrogens is 1. The topological polar surface area (TPSA) is 64.1 Å². The Kier molecular flexibility index (Phi) is 6.52. The summed E-state index contributed by atoms with van der Waals surface area (Å²) in [5.74, 6) is 2.14. The summed E-state index contributed by atoms with van der Waals surface area (Å²) in [6.45, 7) is 3.24. The van der Waals surface area contributed by atoms with E-state index in [9.17, 15) is 0 Å². The lowest BCUT2D eigenvalue weighted by Crippen LogP contribution is -2.16. The molecule has 27 heavy (non-hydrogen) atoms. The first kappa shape index (κ1) is 19.4. The summed E-state index contributed by atoms with van der Waals surface area (Å²) in [4.78, 5) is 0. The summed E-state index contributed by atoms with van der Waals surface area (Å²) in [5, 5.41) is 7.16. The number of hydrogen-bond acceptors (Lipinski definition) is 5. The molecule has 6 nitrogen and oxygen atoms in total. The van der Waals surface area contributed by atoms with Crippen molar-refractivity contribution in [3.05, 3.63) is 57.3 Å². The standard InChI is InChI=1S/C19H21BrN4O2S/c1-3-9-26-17-15(20)10-13(11-16(17)25-2)12-21-24-18(22-23-19(24)27)14-7-5-4-6-8-14/h4-8,10-11,21H,3,9,12H2,1-2H3,(H,23,27). The van der Waals surface area contributed by atoms with Crippen molar-refractivity contribution in [3.63, 3.8) is 0 Å². The molecule has 3 aromatic rings. The van der Waals surface area contributed by atoms with E-state index in [1.165, 1.54) is 0 Å². The smallest absolute Gasteiger partial charge is 0.214 e. The first-order chi connectivity index (χ1) is 13.1. The lowest BCUT2D eigenvalue weighted by molar-refractivity contribution is 0.292. The van der Waals surface area contributed by atoms with Crippen LogP contribution in [0.4, 0.5) is 0 Å². The fourth-order valence-corrected chi connectivity index (χ4v) is 3.41. The lowest BCUT2D eigenvalue weighted by Gasteiger charge is -2.15. The fourth-order valence-electron chi connectivity index (χ4n) is 2.61. The molecule has 3 rings (SSSR count). The van der Waals surface area contributed by atoms with Crippen LogP contribution in [0.5, 0.6) is 11.5 Å². The van der Waals surface area contributed by atoms with Crippen LogP contribution in [0, 0.1) is 4.77 Å². The molecule has 0 aliphatic rings. The highest BCUT2D eigenvalue weighted by Crippen LogP contribution is 2.36. The molecule has 1 aromatic heterocycles. The van der Waals surface area contributed by atoms with Gasteiger partial charge in [0.2, 0.25) is 4.77 Å². The van der Waals surface area contributed by atoms with Gasteiger partial charge in [0.15, 0.2) is 17.3 Å². The van der Waals surface area contributed by atoms with E-state index in [4.69, 9.17) is 21.7 Å². The lowest BCUT2D eigenvalue weighted by atomic mass is 10.2. The first-order valence-corrected chi connectivity index (χ1v) is 9.80. The molecule has 2 N–H and O–H groups in total. The number of nitrogens with zero attached hydrogens (tertiary/aromatic N) is 2. The highest BCUT2D eigenvalue weighted by molar-refractivity contribution is 9.10. The molecular weight excluding hydrogens is 428 g/mol. The minimum Gasteiger partial charge on any atom is -0.493 e. The summed E-state index contributed by atoms with van der Waals surface area (Å²) < 4.78 is 14.4. The molecule has 0 radical (unpaired) electrons. The van der Waals surface area contributed by atoms with E-state index in [0.29, 0.717) is 29.4 Å². The molecule has 0 amide bonds. The molecule has 0 unspecified atom stereocenters. The third-order valence-corrected chi connectivity index (χ3v) is 4.75. The number of halogens is 1. The second-order valence-electron chi connectivity index (χ2n) is 5.85. The van der Waals surface area contributed by atoms with E-state index >= 15 is 0 Å². The fraction of sp³-hybridized carbons (Fsp3) is 0.263. The zero-order valence-electron chi connectivity index (χ0n) is 15.2. The predicted octanol–water partition coefficient (Wildman–Crippen LogP) is 4.91. The summed E-state index contributed by atoms with van der Waals surface area (Å²) in [6, 6.07) is 13.8. The Bertz CT molecular complexity index is 956. The maximum Gasteiger partial charge on any atom is 0.214 e. The Morgan fingerprint density at radius 2 is 2.04 bits per heavy atom. The van der Waals surface area contributed by atoms with E-state index in [-0.39, 0.29) is 0 Å². The number of aromatic amines is 1. The van der Waals surface area contributed by atoms with Gasteiger partial charge in [0, 0.05) is 5.56 Å². The Hall–Kier alpha value is -2.32. The second-order valence-corrected chi connectivity index (χ2v) is 7.09. The van der Waals surface area contributed by atoms with Gasteiger partial charge in [-0.25, -0.2) is 9.77 Å². The van der Waals surface area contributed by atoms with Gasteiger partial charge in [0.05, 0.1) is 24.7 Å². The van der Waals surface area contributed by atoms with Crippen molar-refractivity contribution in [3.8, 4) is 22.9 Å². The van der Waals surface area contributed by atoms with Gasteiger partial charge in [-0.3, -0.25) is 0 Å². The van der Waals surface area contributed by atoms with Crippen LogP contribution in [0.3, 0.4) is 0 Å². The molecule has 142 valence electrons. The minimum absolute atomic E-state index is 0.503. The van der Waals surface area contributed by atoms with Crippen molar-refractivity contribution in [2.24, 2.45) is 0 Å². The van der Waals surface area contributed by atoms with E-state index in [1.54, 1.807) is 11.8 Å². The van der Waals surface area contributed by atoms with Crippen molar-refractivity contribution in [2.45, 2.75) is 19.9 Å². The SMILES string of the molecule is CCCOc1c(Br)cc(CNn2c(-c3ccccc3)n[nH]c2=S)cc1OC. The Morgan fingerprint density at radius 1 is 1.26 bits per heavy atom. The summed E-state index contributed by atoms with van der Waals surface area (Å²) in [7, 11) is 1.64. The van der Waals surface area contributed by atoms with Crippen LogP contribution in [0.2, 0.25) is 0 Å². The molecule has 2 aromatic carbocycles. The summed E-state index contributed by atoms with van der Waals surface area (Å²) in [5.41, 5.74) is 5.31. The van der Waals surface area contributed by atoms with Crippen molar-refractivity contribution in [2.75, 3.05) is 19.1 Å². The monoisotopic (exact) mass is 448 g/mol. The molecule has 0 saturated carbocycles. The van der Waals surface area contributed by atoms with Crippen molar-refractivity contribution in [1.82, 2.24) is 14.9 Å². The number of nitrogens with one attached hydrogen (secondary N) is 2. The number of hydrogen-bond donors (Lipinski definition) is 2.